The molecule has 0 aliphatic heterocycles. The number of ketones is 1. The average Bonchev–Trinajstić information content (AvgIpc) is 1.59. The van der Waals surface area contributed by atoms with E-state index < -0.39 is 16.8 Å². The highest BCUT2D eigenvalue weighted by Gasteiger charge is 2.53. The van der Waals surface area contributed by atoms with Crippen molar-refractivity contribution in [3.05, 3.63) is 0 Å². The molecule has 0 bridgehead atoms. The van der Waals surface area contributed by atoms with Gasteiger partial charge in [0.25, 0.3) is 0 Å². The number of carbonyl (C=O) groups is 1. The topological polar surface area (TPSA) is 17.1 Å². The van der Waals surface area contributed by atoms with Gasteiger partial charge in [-0.05, 0) is 15.9 Å². The number of carbonyl (C=O) groups excluding carboxylic acids is 1. The van der Waals surface area contributed by atoms with Crippen LogP contribution in [0.25, 0.3) is 0 Å². The van der Waals surface area contributed by atoms with Crippen molar-refractivity contribution < 1.29 is 26.7 Å². The fourth-order valence-corrected chi connectivity index (χ4v) is 0.386. The van der Waals surface area contributed by atoms with Crippen LogP contribution in [0.15, 0.2) is 0 Å². The Morgan fingerprint density at radius 2 is 1.40 bits per heavy atom. The maximum atomic E-state index is 11.5. The number of alkyl halides is 6. The summed E-state index contributed by atoms with van der Waals surface area (Å²) >= 11 is 1.28. The van der Waals surface area contributed by atoms with E-state index in [2.05, 4.69) is 0 Å². The van der Waals surface area contributed by atoms with Gasteiger partial charge in [-0.15, -0.1) is 0 Å². The van der Waals surface area contributed by atoms with Crippen molar-refractivity contribution in [1.29, 1.82) is 0 Å². The molecule has 60 valence electrons. The number of hydrogen-bond donors (Lipinski definition) is 0. The second-order valence-corrected chi connectivity index (χ2v) is 2.32. The van der Waals surface area contributed by atoms with Crippen LogP contribution in [0.1, 0.15) is 0 Å². The molecule has 0 unspecified atom stereocenters. The fraction of sp³-hybridized carbons (Fsp3) is 0.667. The lowest BCUT2D eigenvalue weighted by molar-refractivity contribution is -0.184. The molecule has 0 spiro atoms. The summed E-state index contributed by atoms with van der Waals surface area (Å²) < 4.78 is 56.2. The Morgan fingerprint density at radius 3 is 1.40 bits per heavy atom. The molecule has 0 saturated carbocycles. The molecule has 0 saturated heterocycles. The highest BCUT2D eigenvalue weighted by Crippen LogP contribution is 2.31. The molecule has 0 N–H and O–H groups in total. The zero-order valence-electron chi connectivity index (χ0n) is 4.18. The zero-order valence-corrected chi connectivity index (χ0v) is 5.76. The van der Waals surface area contributed by atoms with E-state index in [4.69, 9.17) is 0 Å². The number of halogens is 6. The molecule has 0 aliphatic carbocycles. The van der Waals surface area contributed by atoms with E-state index >= 15 is 0 Å². The summed E-state index contributed by atoms with van der Waals surface area (Å²) in [5, 5.41) is 0. The van der Waals surface area contributed by atoms with Gasteiger partial charge < -0.3 is 0 Å². The van der Waals surface area contributed by atoms with Crippen molar-refractivity contribution in [3.8, 4) is 0 Å². The van der Waals surface area contributed by atoms with Crippen LogP contribution < -0.4 is 0 Å². The van der Waals surface area contributed by atoms with Gasteiger partial charge in [0.2, 0.25) is 0 Å². The average molecular weight is 227 g/mol. The van der Waals surface area contributed by atoms with E-state index in [1.54, 1.807) is 0 Å². The Labute approximate surface area is 60.3 Å². The first-order chi connectivity index (χ1) is 4.15. The minimum atomic E-state index is -5.49. The molecular weight excluding hydrogens is 227 g/mol. The molecular formula is C3BrF5O. The quantitative estimate of drug-likeness (QED) is 0.495. The normalized spacial score (nSPS) is 13.4. The third-order valence-corrected chi connectivity index (χ3v) is 0.875. The first-order valence-electron chi connectivity index (χ1n) is 1.84. The minimum absolute atomic E-state index is 1.28. The van der Waals surface area contributed by atoms with E-state index in [1.165, 1.54) is 15.9 Å². The molecule has 0 rings (SSSR count). The molecule has 0 aromatic rings. The van der Waals surface area contributed by atoms with Crippen LogP contribution in [0.3, 0.4) is 0 Å². The van der Waals surface area contributed by atoms with Crippen molar-refractivity contribution in [3.63, 3.8) is 0 Å². The molecule has 0 atom stereocenters. The molecule has 0 amide bonds. The predicted molar refractivity (Wildman–Crippen MR) is 24.9 cm³/mol. The fourth-order valence-electron chi connectivity index (χ4n) is 0.161. The van der Waals surface area contributed by atoms with Crippen molar-refractivity contribution in [2.24, 2.45) is 0 Å². The second kappa shape index (κ2) is 2.44. The molecule has 0 aromatic heterocycles. The SMILES string of the molecule is O=C(C(F)(F)F)C(F)(F)Br. The molecule has 10 heavy (non-hydrogen) atoms. The van der Waals surface area contributed by atoms with Gasteiger partial charge in [-0.3, -0.25) is 4.79 Å². The van der Waals surface area contributed by atoms with Gasteiger partial charge in [0.05, 0.1) is 0 Å². The summed E-state index contributed by atoms with van der Waals surface area (Å²) in [7, 11) is 0. The van der Waals surface area contributed by atoms with Crippen LogP contribution in [0.2, 0.25) is 0 Å². The van der Waals surface area contributed by atoms with Gasteiger partial charge in [-0.1, -0.05) is 0 Å². The molecule has 1 nitrogen and oxygen atoms in total. The van der Waals surface area contributed by atoms with Gasteiger partial charge >= 0.3 is 16.8 Å². The van der Waals surface area contributed by atoms with Gasteiger partial charge in [-0.2, -0.15) is 22.0 Å². The van der Waals surface area contributed by atoms with E-state index in [0.29, 0.717) is 0 Å². The van der Waals surface area contributed by atoms with Gasteiger partial charge in [0.1, 0.15) is 0 Å². The summed E-state index contributed by atoms with van der Waals surface area (Å²) in [5.74, 6) is -3.10. The summed E-state index contributed by atoms with van der Waals surface area (Å²) in [4.78, 5) is 5.06. The number of rotatable bonds is 1. The van der Waals surface area contributed by atoms with Crippen LogP contribution in [-0.4, -0.2) is 16.8 Å². The highest BCUT2D eigenvalue weighted by atomic mass is 79.9. The van der Waals surface area contributed by atoms with E-state index in [-0.39, 0.29) is 0 Å². The summed E-state index contributed by atoms with van der Waals surface area (Å²) in [5.41, 5.74) is 0. The van der Waals surface area contributed by atoms with Crippen molar-refractivity contribution in [2.75, 3.05) is 0 Å². The Kier molecular flexibility index (Phi) is 2.40. The summed E-state index contributed by atoms with van der Waals surface area (Å²) in [6, 6.07) is 0. The Morgan fingerprint density at radius 1 is 1.10 bits per heavy atom. The number of Topliss-reactive ketones (excluding diaryl/α,β-unsaturated/α-hetero) is 1. The third-order valence-electron chi connectivity index (χ3n) is 0.515. The monoisotopic (exact) mass is 226 g/mol. The van der Waals surface area contributed by atoms with Crippen molar-refractivity contribution >= 4 is 21.7 Å². The van der Waals surface area contributed by atoms with Crippen LogP contribution in [0.5, 0.6) is 0 Å². The first-order valence-corrected chi connectivity index (χ1v) is 2.63. The second-order valence-electron chi connectivity index (χ2n) is 1.32. The first kappa shape index (κ1) is 9.80. The van der Waals surface area contributed by atoms with Crippen LogP contribution in [0.4, 0.5) is 22.0 Å². The van der Waals surface area contributed by atoms with Crippen LogP contribution in [0, 0.1) is 0 Å². The van der Waals surface area contributed by atoms with E-state index in [1.807, 2.05) is 0 Å². The molecule has 0 fully saturated rings. The lowest BCUT2D eigenvalue weighted by Gasteiger charge is -2.08. The number of hydrogen-bond acceptors (Lipinski definition) is 1. The maximum Gasteiger partial charge on any atom is 0.457 e. The summed E-state index contributed by atoms with van der Waals surface area (Å²) in [6.07, 6.45) is -5.49. The molecule has 0 aliphatic rings. The standard InChI is InChI=1S/C3BrF5O/c4-2(5,6)1(10)3(7,8)9. The Hall–Kier alpha value is -0.200. The molecule has 0 radical (unpaired) electrons. The van der Waals surface area contributed by atoms with Crippen LogP contribution >= 0.6 is 15.9 Å². The third kappa shape index (κ3) is 2.59. The minimum Gasteiger partial charge on any atom is -0.282 e. The van der Waals surface area contributed by atoms with E-state index in [0.717, 1.165) is 0 Å². The van der Waals surface area contributed by atoms with Gasteiger partial charge in [-0.25, -0.2) is 0 Å². The van der Waals surface area contributed by atoms with E-state index in [9.17, 15) is 26.7 Å². The largest absolute Gasteiger partial charge is 0.457 e. The molecule has 7 heteroatoms. The lowest BCUT2D eigenvalue weighted by atomic mass is 10.4. The lowest BCUT2D eigenvalue weighted by Crippen LogP contribution is -2.35. The van der Waals surface area contributed by atoms with Gasteiger partial charge in [0, 0.05) is 0 Å². The predicted octanol–water partition coefficient (Wildman–Crippen LogP) is 2.11. The van der Waals surface area contributed by atoms with Gasteiger partial charge in [0.15, 0.2) is 0 Å². The van der Waals surface area contributed by atoms with Crippen molar-refractivity contribution in [1.82, 2.24) is 0 Å². The molecule has 0 aromatic carbocycles. The zero-order chi connectivity index (χ0) is 8.58. The Bertz CT molecular complexity index is 128. The smallest absolute Gasteiger partial charge is 0.282 e. The highest BCUT2D eigenvalue weighted by molar-refractivity contribution is 9.10. The summed E-state index contributed by atoms with van der Waals surface area (Å²) in [6.45, 7) is 0. The maximum absolute atomic E-state index is 11.5. The molecule has 0 heterocycles. The Balaban J connectivity index is 4.40. The van der Waals surface area contributed by atoms with Crippen LogP contribution in [-0.2, 0) is 4.79 Å². The van der Waals surface area contributed by atoms with Crippen molar-refractivity contribution in [2.45, 2.75) is 11.0 Å².